The van der Waals surface area contributed by atoms with Crippen molar-refractivity contribution in [3.63, 3.8) is 0 Å². The van der Waals surface area contributed by atoms with Gasteiger partial charge in [0, 0.05) is 48.3 Å². The third-order valence-electron chi connectivity index (χ3n) is 5.06. The van der Waals surface area contributed by atoms with Gasteiger partial charge >= 0.3 is 0 Å². The van der Waals surface area contributed by atoms with Gasteiger partial charge in [0.25, 0.3) is 5.56 Å². The molecule has 1 aliphatic heterocycles. The molecular weight excluding hydrogens is 418 g/mol. The number of nitrogens with one attached hydrogen (secondary N) is 1. The molecule has 1 aliphatic rings. The first-order chi connectivity index (χ1) is 13.7. The van der Waals surface area contributed by atoms with Gasteiger partial charge in [0.15, 0.2) is 0 Å². The lowest BCUT2D eigenvalue weighted by molar-refractivity contribution is 0.229. The molecule has 1 saturated heterocycles. The standard InChI is InChI=1S/C22H24BrN3O2/c1-2-28-21-8-7-17(23)14-20(21)26-18(15-25-11-9-24-10-12-25)13-16-5-3-4-6-19(16)22(26)27/h3-8,13-14,24H,2,9-12,15H2,1H3. The SMILES string of the molecule is CCOc1ccc(Br)cc1-n1c(CN2CCNCC2)cc2ccccc2c1=O. The second-order valence-electron chi connectivity index (χ2n) is 6.93. The summed E-state index contributed by atoms with van der Waals surface area (Å²) in [7, 11) is 0. The summed E-state index contributed by atoms with van der Waals surface area (Å²) >= 11 is 3.55. The molecule has 0 bridgehead atoms. The minimum Gasteiger partial charge on any atom is -0.492 e. The van der Waals surface area contributed by atoms with E-state index in [0.717, 1.165) is 54.0 Å². The highest BCUT2D eigenvalue weighted by atomic mass is 79.9. The third kappa shape index (κ3) is 3.85. The maximum Gasteiger partial charge on any atom is 0.263 e. The Labute approximate surface area is 173 Å². The summed E-state index contributed by atoms with van der Waals surface area (Å²) in [6.07, 6.45) is 0. The second kappa shape index (κ2) is 8.47. The summed E-state index contributed by atoms with van der Waals surface area (Å²) in [6.45, 7) is 7.11. The molecule has 146 valence electrons. The Balaban J connectivity index is 1.93. The predicted molar refractivity (Wildman–Crippen MR) is 117 cm³/mol. The van der Waals surface area contributed by atoms with Gasteiger partial charge in [-0.2, -0.15) is 0 Å². The summed E-state index contributed by atoms with van der Waals surface area (Å²) in [5, 5.41) is 5.08. The number of aromatic nitrogens is 1. The van der Waals surface area contributed by atoms with E-state index in [2.05, 4.69) is 32.2 Å². The van der Waals surface area contributed by atoms with Gasteiger partial charge in [-0.15, -0.1) is 0 Å². The van der Waals surface area contributed by atoms with Gasteiger partial charge in [0.2, 0.25) is 0 Å². The fraction of sp³-hybridized carbons (Fsp3) is 0.318. The minimum atomic E-state index is -0.0118. The van der Waals surface area contributed by atoms with E-state index in [0.29, 0.717) is 17.7 Å². The molecule has 6 heteroatoms. The van der Waals surface area contributed by atoms with Crippen LogP contribution in [0.3, 0.4) is 0 Å². The second-order valence-corrected chi connectivity index (χ2v) is 7.85. The number of pyridine rings is 1. The van der Waals surface area contributed by atoms with Crippen LogP contribution in [0.1, 0.15) is 12.6 Å². The van der Waals surface area contributed by atoms with Crippen molar-refractivity contribution in [3.8, 4) is 11.4 Å². The van der Waals surface area contributed by atoms with E-state index >= 15 is 0 Å². The van der Waals surface area contributed by atoms with Gasteiger partial charge < -0.3 is 10.1 Å². The first-order valence-electron chi connectivity index (χ1n) is 9.67. The molecule has 4 rings (SSSR count). The zero-order valence-corrected chi connectivity index (χ0v) is 17.5. The van der Waals surface area contributed by atoms with Gasteiger partial charge in [-0.3, -0.25) is 14.3 Å². The Morgan fingerprint density at radius 3 is 2.68 bits per heavy atom. The van der Waals surface area contributed by atoms with Crippen LogP contribution in [0.5, 0.6) is 5.75 Å². The molecule has 5 nitrogen and oxygen atoms in total. The highest BCUT2D eigenvalue weighted by Crippen LogP contribution is 2.28. The molecule has 0 unspecified atom stereocenters. The smallest absolute Gasteiger partial charge is 0.263 e. The average Bonchev–Trinajstić information content (AvgIpc) is 2.71. The molecule has 1 fully saturated rings. The molecule has 0 saturated carbocycles. The van der Waals surface area contributed by atoms with E-state index in [1.165, 1.54) is 0 Å². The number of halogens is 1. The number of piperazine rings is 1. The fourth-order valence-electron chi connectivity index (χ4n) is 3.73. The van der Waals surface area contributed by atoms with Crippen molar-refractivity contribution < 1.29 is 4.74 Å². The van der Waals surface area contributed by atoms with E-state index in [9.17, 15) is 4.79 Å². The Bertz CT molecular complexity index is 1040. The van der Waals surface area contributed by atoms with Crippen LogP contribution in [-0.2, 0) is 6.54 Å². The molecule has 3 aromatic rings. The van der Waals surface area contributed by atoms with E-state index in [1.54, 1.807) is 0 Å². The van der Waals surface area contributed by atoms with E-state index < -0.39 is 0 Å². The normalized spacial score (nSPS) is 15.1. The Morgan fingerprint density at radius 2 is 1.89 bits per heavy atom. The van der Waals surface area contributed by atoms with Gasteiger partial charge in [-0.05, 0) is 42.6 Å². The third-order valence-corrected chi connectivity index (χ3v) is 5.55. The number of ether oxygens (including phenoxy) is 1. The molecule has 28 heavy (non-hydrogen) atoms. The van der Waals surface area contributed by atoms with Gasteiger partial charge in [-0.25, -0.2) is 0 Å². The highest BCUT2D eigenvalue weighted by molar-refractivity contribution is 9.10. The lowest BCUT2D eigenvalue weighted by Gasteiger charge is -2.28. The van der Waals surface area contributed by atoms with Crippen molar-refractivity contribution in [2.45, 2.75) is 13.5 Å². The van der Waals surface area contributed by atoms with Crippen LogP contribution in [0.4, 0.5) is 0 Å². The zero-order chi connectivity index (χ0) is 19.5. The van der Waals surface area contributed by atoms with Crippen LogP contribution in [-0.4, -0.2) is 42.3 Å². The summed E-state index contributed by atoms with van der Waals surface area (Å²) in [6, 6.07) is 15.7. The monoisotopic (exact) mass is 441 g/mol. The quantitative estimate of drug-likeness (QED) is 0.657. The average molecular weight is 442 g/mol. The molecule has 0 radical (unpaired) electrons. The molecule has 0 amide bonds. The molecule has 2 aromatic carbocycles. The Morgan fingerprint density at radius 1 is 1.11 bits per heavy atom. The Hall–Kier alpha value is -2.15. The number of rotatable bonds is 5. The summed E-state index contributed by atoms with van der Waals surface area (Å²) in [5.41, 5.74) is 1.74. The molecule has 1 N–H and O–H groups in total. The molecule has 2 heterocycles. The maximum atomic E-state index is 13.5. The van der Waals surface area contributed by atoms with E-state index in [4.69, 9.17) is 4.74 Å². The molecule has 0 spiro atoms. The number of hydrogen-bond acceptors (Lipinski definition) is 4. The highest BCUT2D eigenvalue weighted by Gasteiger charge is 2.18. The van der Waals surface area contributed by atoms with Gasteiger partial charge in [0.05, 0.1) is 12.3 Å². The summed E-state index contributed by atoms with van der Waals surface area (Å²) < 4.78 is 8.59. The Kier molecular flexibility index (Phi) is 5.80. The zero-order valence-electron chi connectivity index (χ0n) is 16.0. The topological polar surface area (TPSA) is 46.5 Å². The number of fused-ring (bicyclic) bond motifs is 1. The number of hydrogen-bond donors (Lipinski definition) is 1. The van der Waals surface area contributed by atoms with Crippen LogP contribution in [0.15, 0.2) is 57.8 Å². The van der Waals surface area contributed by atoms with Crippen LogP contribution in [0.25, 0.3) is 16.5 Å². The van der Waals surface area contributed by atoms with Crippen molar-refractivity contribution in [1.82, 2.24) is 14.8 Å². The van der Waals surface area contributed by atoms with Crippen LogP contribution < -0.4 is 15.6 Å². The van der Waals surface area contributed by atoms with Crippen molar-refractivity contribution in [2.24, 2.45) is 0 Å². The summed E-state index contributed by atoms with van der Waals surface area (Å²) in [5.74, 6) is 0.713. The molecule has 1 aromatic heterocycles. The largest absolute Gasteiger partial charge is 0.492 e. The van der Waals surface area contributed by atoms with E-state index in [-0.39, 0.29) is 5.56 Å². The first-order valence-corrected chi connectivity index (χ1v) is 10.5. The summed E-state index contributed by atoms with van der Waals surface area (Å²) in [4.78, 5) is 15.9. The van der Waals surface area contributed by atoms with Crippen molar-refractivity contribution in [1.29, 1.82) is 0 Å². The number of benzene rings is 2. The van der Waals surface area contributed by atoms with Crippen molar-refractivity contribution >= 4 is 26.7 Å². The first kappa shape index (κ1) is 19.2. The van der Waals surface area contributed by atoms with Gasteiger partial charge in [0.1, 0.15) is 5.75 Å². The van der Waals surface area contributed by atoms with E-state index in [1.807, 2.05) is 54.0 Å². The van der Waals surface area contributed by atoms with Gasteiger partial charge in [-0.1, -0.05) is 34.1 Å². The molecular formula is C22H24BrN3O2. The minimum absolute atomic E-state index is 0.0118. The van der Waals surface area contributed by atoms with Crippen LogP contribution >= 0.6 is 15.9 Å². The lowest BCUT2D eigenvalue weighted by atomic mass is 10.1. The lowest BCUT2D eigenvalue weighted by Crippen LogP contribution is -2.43. The number of nitrogens with zero attached hydrogens (tertiary/aromatic N) is 2. The van der Waals surface area contributed by atoms with Crippen molar-refractivity contribution in [3.05, 3.63) is 69.1 Å². The van der Waals surface area contributed by atoms with Crippen LogP contribution in [0, 0.1) is 0 Å². The van der Waals surface area contributed by atoms with Crippen LogP contribution in [0.2, 0.25) is 0 Å². The predicted octanol–water partition coefficient (Wildman–Crippen LogP) is 3.56. The van der Waals surface area contributed by atoms with Crippen molar-refractivity contribution in [2.75, 3.05) is 32.8 Å². The fourth-order valence-corrected chi connectivity index (χ4v) is 4.08. The maximum absolute atomic E-state index is 13.5. The molecule has 0 atom stereocenters. The molecule has 0 aliphatic carbocycles.